The maximum atomic E-state index is 12.2. The van der Waals surface area contributed by atoms with E-state index in [4.69, 9.17) is 4.74 Å². The van der Waals surface area contributed by atoms with E-state index >= 15 is 0 Å². The molecule has 19 heavy (non-hydrogen) atoms. The van der Waals surface area contributed by atoms with E-state index in [0.717, 1.165) is 25.9 Å². The van der Waals surface area contributed by atoms with Crippen molar-refractivity contribution in [2.45, 2.75) is 31.9 Å². The third-order valence-corrected chi connectivity index (χ3v) is 2.96. The Morgan fingerprint density at radius 2 is 1.84 bits per heavy atom. The summed E-state index contributed by atoms with van der Waals surface area (Å²) in [7, 11) is 0. The molecule has 0 unspecified atom stereocenters. The number of nitrogens with one attached hydrogen (secondary N) is 1. The van der Waals surface area contributed by atoms with E-state index in [2.05, 4.69) is 10.1 Å². The van der Waals surface area contributed by atoms with E-state index in [9.17, 15) is 13.2 Å². The summed E-state index contributed by atoms with van der Waals surface area (Å²) in [5, 5.41) is 3.20. The fourth-order valence-electron chi connectivity index (χ4n) is 2.02. The largest absolute Gasteiger partial charge is 0.573 e. The summed E-state index contributed by atoms with van der Waals surface area (Å²) >= 11 is 0. The van der Waals surface area contributed by atoms with Gasteiger partial charge in [0.05, 0.1) is 12.7 Å². The number of benzene rings is 1. The summed E-state index contributed by atoms with van der Waals surface area (Å²) in [4.78, 5) is 0. The molecule has 0 spiro atoms. The van der Waals surface area contributed by atoms with Gasteiger partial charge in [-0.25, -0.2) is 0 Å². The second-order valence-electron chi connectivity index (χ2n) is 4.42. The predicted molar refractivity (Wildman–Crippen MR) is 63.8 cm³/mol. The van der Waals surface area contributed by atoms with E-state index in [-0.39, 0.29) is 18.5 Å². The molecule has 0 saturated carbocycles. The molecule has 1 saturated heterocycles. The molecule has 3 nitrogen and oxygen atoms in total. The van der Waals surface area contributed by atoms with Crippen molar-refractivity contribution in [1.29, 1.82) is 0 Å². The third-order valence-electron chi connectivity index (χ3n) is 2.96. The van der Waals surface area contributed by atoms with Crippen LogP contribution in [0.4, 0.5) is 13.2 Å². The Hall–Kier alpha value is -1.27. The first-order valence-corrected chi connectivity index (χ1v) is 6.20. The molecule has 0 atom stereocenters. The van der Waals surface area contributed by atoms with Crippen LogP contribution in [-0.2, 0) is 11.3 Å². The molecule has 106 valence electrons. The number of rotatable bonds is 4. The highest BCUT2D eigenvalue weighted by molar-refractivity contribution is 5.32. The van der Waals surface area contributed by atoms with Crippen LogP contribution in [0.15, 0.2) is 24.3 Å². The molecule has 6 heteroatoms. The van der Waals surface area contributed by atoms with Gasteiger partial charge in [-0.1, -0.05) is 18.2 Å². The number of ether oxygens (including phenoxy) is 2. The van der Waals surface area contributed by atoms with Crippen LogP contribution in [0.1, 0.15) is 18.4 Å². The molecule has 2 rings (SSSR count). The van der Waals surface area contributed by atoms with Crippen molar-refractivity contribution in [2.75, 3.05) is 13.1 Å². The van der Waals surface area contributed by atoms with Crippen molar-refractivity contribution >= 4 is 0 Å². The highest BCUT2D eigenvalue weighted by Crippen LogP contribution is 2.27. The first kappa shape index (κ1) is 14.1. The van der Waals surface area contributed by atoms with E-state index < -0.39 is 6.36 Å². The minimum atomic E-state index is -4.68. The van der Waals surface area contributed by atoms with Crippen molar-refractivity contribution in [3.05, 3.63) is 29.8 Å². The second kappa shape index (κ2) is 6.25. The molecule has 1 heterocycles. The van der Waals surface area contributed by atoms with Crippen LogP contribution in [-0.4, -0.2) is 25.6 Å². The molecule has 0 aromatic heterocycles. The zero-order valence-corrected chi connectivity index (χ0v) is 10.4. The maximum absolute atomic E-state index is 12.2. The third kappa shape index (κ3) is 4.72. The average Bonchev–Trinajstić information content (AvgIpc) is 2.37. The zero-order valence-electron chi connectivity index (χ0n) is 10.4. The Morgan fingerprint density at radius 3 is 2.53 bits per heavy atom. The number of hydrogen-bond acceptors (Lipinski definition) is 3. The van der Waals surface area contributed by atoms with Gasteiger partial charge in [-0.05, 0) is 32.0 Å². The Kier molecular flexibility index (Phi) is 4.66. The molecule has 1 fully saturated rings. The van der Waals surface area contributed by atoms with Crippen molar-refractivity contribution in [2.24, 2.45) is 0 Å². The van der Waals surface area contributed by atoms with Crippen LogP contribution < -0.4 is 10.1 Å². The minimum Gasteiger partial charge on any atom is -0.405 e. The lowest BCUT2D eigenvalue weighted by Crippen LogP contribution is -2.32. The Labute approximate surface area is 109 Å². The lowest BCUT2D eigenvalue weighted by Gasteiger charge is -2.23. The summed E-state index contributed by atoms with van der Waals surface area (Å²) in [5.74, 6) is -0.191. The molecular formula is C13H16F3NO2. The van der Waals surface area contributed by atoms with Crippen LogP contribution in [0.25, 0.3) is 0 Å². The van der Waals surface area contributed by atoms with Gasteiger partial charge >= 0.3 is 6.36 Å². The van der Waals surface area contributed by atoms with Gasteiger partial charge in [-0.2, -0.15) is 0 Å². The first-order chi connectivity index (χ1) is 9.04. The zero-order chi connectivity index (χ0) is 13.7. The summed E-state index contributed by atoms with van der Waals surface area (Å²) in [6, 6.07) is 6.07. The number of alkyl halides is 3. The molecule has 1 aromatic rings. The lowest BCUT2D eigenvalue weighted by molar-refractivity contribution is -0.275. The molecule has 0 aliphatic carbocycles. The SMILES string of the molecule is FC(F)(F)Oc1ccccc1COC1CCNCC1. The number of halogens is 3. The van der Waals surface area contributed by atoms with Crippen molar-refractivity contribution in [3.63, 3.8) is 0 Å². The van der Waals surface area contributed by atoms with Gasteiger partial charge in [0.15, 0.2) is 0 Å². The van der Waals surface area contributed by atoms with Gasteiger partial charge in [-0.3, -0.25) is 0 Å². The average molecular weight is 275 g/mol. The topological polar surface area (TPSA) is 30.5 Å². The highest BCUT2D eigenvalue weighted by atomic mass is 19.4. The number of hydrogen-bond donors (Lipinski definition) is 1. The summed E-state index contributed by atoms with van der Waals surface area (Å²) < 4.78 is 46.4. The summed E-state index contributed by atoms with van der Waals surface area (Å²) in [6.45, 7) is 1.90. The minimum absolute atomic E-state index is 0.0974. The van der Waals surface area contributed by atoms with Crippen LogP contribution in [0.5, 0.6) is 5.75 Å². The Bertz CT molecular complexity index is 403. The Balaban J connectivity index is 1.95. The molecule has 1 aliphatic heterocycles. The summed E-state index contributed by atoms with van der Waals surface area (Å²) in [6.07, 6.45) is -2.82. The smallest absolute Gasteiger partial charge is 0.405 e. The Morgan fingerprint density at radius 1 is 1.16 bits per heavy atom. The van der Waals surface area contributed by atoms with Gasteiger partial charge in [0.25, 0.3) is 0 Å². The van der Waals surface area contributed by atoms with Crippen LogP contribution >= 0.6 is 0 Å². The predicted octanol–water partition coefficient (Wildman–Crippen LogP) is 2.85. The quantitative estimate of drug-likeness (QED) is 0.916. The molecule has 0 bridgehead atoms. The normalized spacial score (nSPS) is 17.4. The van der Waals surface area contributed by atoms with Crippen LogP contribution in [0, 0.1) is 0 Å². The monoisotopic (exact) mass is 275 g/mol. The summed E-state index contributed by atoms with van der Waals surface area (Å²) in [5.41, 5.74) is 0.415. The van der Waals surface area contributed by atoms with Gasteiger partial charge in [0, 0.05) is 5.56 Å². The highest BCUT2D eigenvalue weighted by Gasteiger charge is 2.32. The van der Waals surface area contributed by atoms with E-state index in [1.54, 1.807) is 12.1 Å². The number of para-hydroxylation sites is 1. The molecule has 0 radical (unpaired) electrons. The van der Waals surface area contributed by atoms with Crippen LogP contribution in [0.3, 0.4) is 0 Å². The van der Waals surface area contributed by atoms with Gasteiger partial charge in [0.2, 0.25) is 0 Å². The van der Waals surface area contributed by atoms with Gasteiger partial charge < -0.3 is 14.8 Å². The molecule has 1 aromatic carbocycles. The van der Waals surface area contributed by atoms with E-state index in [1.807, 2.05) is 0 Å². The number of piperidine rings is 1. The molecule has 1 N–H and O–H groups in total. The standard InChI is InChI=1S/C13H16F3NO2/c14-13(15,16)19-12-4-2-1-3-10(12)9-18-11-5-7-17-8-6-11/h1-4,11,17H,5-9H2. The van der Waals surface area contributed by atoms with E-state index in [0.29, 0.717) is 5.56 Å². The molecule has 0 amide bonds. The van der Waals surface area contributed by atoms with Gasteiger partial charge in [-0.15, -0.1) is 13.2 Å². The first-order valence-electron chi connectivity index (χ1n) is 6.20. The van der Waals surface area contributed by atoms with Crippen molar-refractivity contribution in [1.82, 2.24) is 5.32 Å². The molecule has 1 aliphatic rings. The maximum Gasteiger partial charge on any atom is 0.573 e. The van der Waals surface area contributed by atoms with Crippen molar-refractivity contribution in [3.8, 4) is 5.75 Å². The lowest BCUT2D eigenvalue weighted by atomic mass is 10.1. The fraction of sp³-hybridized carbons (Fsp3) is 0.538. The van der Waals surface area contributed by atoms with Crippen molar-refractivity contribution < 1.29 is 22.6 Å². The second-order valence-corrected chi connectivity index (χ2v) is 4.42. The van der Waals surface area contributed by atoms with E-state index in [1.165, 1.54) is 12.1 Å². The van der Waals surface area contributed by atoms with Gasteiger partial charge in [0.1, 0.15) is 5.75 Å². The van der Waals surface area contributed by atoms with Crippen LogP contribution in [0.2, 0.25) is 0 Å². The fourth-order valence-corrected chi connectivity index (χ4v) is 2.02. The molecular weight excluding hydrogens is 259 g/mol.